The zero-order chi connectivity index (χ0) is 16.4. The molecule has 1 heterocycles. The van der Waals surface area contributed by atoms with Gasteiger partial charge in [-0.2, -0.15) is 0 Å². The summed E-state index contributed by atoms with van der Waals surface area (Å²) in [6, 6.07) is 13.5. The van der Waals surface area contributed by atoms with E-state index in [1.165, 1.54) is 27.6 Å². The number of halogens is 2. The third-order valence-electron chi connectivity index (χ3n) is 3.29. The summed E-state index contributed by atoms with van der Waals surface area (Å²) in [5, 5.41) is 9.99. The van der Waals surface area contributed by atoms with Crippen molar-refractivity contribution in [1.82, 2.24) is 14.9 Å². The number of rotatable bonds is 4. The largest absolute Gasteiger partial charge is 0.335 e. The molecule has 0 aliphatic carbocycles. The van der Waals surface area contributed by atoms with Crippen LogP contribution in [-0.4, -0.2) is 14.9 Å². The van der Waals surface area contributed by atoms with Crippen LogP contribution in [0.5, 0.6) is 0 Å². The van der Waals surface area contributed by atoms with Gasteiger partial charge >= 0.3 is 0 Å². The molecule has 0 atom stereocenters. The smallest absolute Gasteiger partial charge is 0.210 e. The van der Waals surface area contributed by atoms with Crippen LogP contribution in [0.15, 0.2) is 47.6 Å². The van der Waals surface area contributed by atoms with Crippen LogP contribution < -0.4 is 5.84 Å². The fourth-order valence-electron chi connectivity index (χ4n) is 2.18. The minimum atomic E-state index is 0.492. The predicted molar refractivity (Wildman–Crippen MR) is 96.4 cm³/mol. The molecular weight excluding hydrogens is 351 g/mol. The highest BCUT2D eigenvalue weighted by Gasteiger charge is 2.15. The molecule has 7 heteroatoms. The number of aromatic nitrogens is 3. The summed E-state index contributed by atoms with van der Waals surface area (Å²) in [4.78, 5) is 0. The highest BCUT2D eigenvalue weighted by Crippen LogP contribution is 2.30. The molecule has 3 aromatic rings. The van der Waals surface area contributed by atoms with Gasteiger partial charge < -0.3 is 5.84 Å². The van der Waals surface area contributed by atoms with E-state index in [1.807, 2.05) is 6.07 Å². The number of nitrogens with zero attached hydrogens (tertiary/aromatic N) is 3. The molecule has 2 aromatic carbocycles. The van der Waals surface area contributed by atoms with E-state index < -0.39 is 0 Å². The first kappa shape index (κ1) is 16.2. The normalized spacial score (nSPS) is 10.9. The summed E-state index contributed by atoms with van der Waals surface area (Å²) in [5.41, 5.74) is 3.14. The average Bonchev–Trinajstić information content (AvgIpc) is 2.86. The highest BCUT2D eigenvalue weighted by atomic mass is 35.5. The van der Waals surface area contributed by atoms with Crippen molar-refractivity contribution in [3.63, 3.8) is 0 Å². The lowest BCUT2D eigenvalue weighted by atomic mass is 10.2. The Morgan fingerprint density at radius 3 is 2.70 bits per heavy atom. The average molecular weight is 365 g/mol. The summed E-state index contributed by atoms with van der Waals surface area (Å²) in [5.74, 6) is 7.40. The minimum absolute atomic E-state index is 0.492. The van der Waals surface area contributed by atoms with Crippen LogP contribution in [0.2, 0.25) is 10.0 Å². The van der Waals surface area contributed by atoms with Gasteiger partial charge in [0.1, 0.15) is 0 Å². The second-order valence-electron chi connectivity index (χ2n) is 5.08. The zero-order valence-electron chi connectivity index (χ0n) is 12.3. The fourth-order valence-corrected chi connectivity index (χ4v) is 3.47. The molecule has 23 heavy (non-hydrogen) atoms. The van der Waals surface area contributed by atoms with Crippen molar-refractivity contribution in [3.05, 3.63) is 63.6 Å². The summed E-state index contributed by atoms with van der Waals surface area (Å²) in [7, 11) is 0. The molecule has 4 nitrogen and oxygen atoms in total. The Morgan fingerprint density at radius 1 is 1.13 bits per heavy atom. The molecule has 0 saturated carbocycles. The Kier molecular flexibility index (Phi) is 4.80. The van der Waals surface area contributed by atoms with Crippen molar-refractivity contribution in [2.45, 2.75) is 17.8 Å². The standard InChI is InChI=1S/C16H14Cl2N4S/c1-10-3-2-4-11(7-10)9-23-16-21-20-15(22(16)19)13-6-5-12(17)8-14(13)18/h2-8H,9,19H2,1H3. The zero-order valence-corrected chi connectivity index (χ0v) is 14.7. The van der Waals surface area contributed by atoms with Gasteiger partial charge in [0, 0.05) is 16.3 Å². The van der Waals surface area contributed by atoms with Crippen LogP contribution in [-0.2, 0) is 5.75 Å². The van der Waals surface area contributed by atoms with E-state index in [0.717, 1.165) is 5.75 Å². The second-order valence-corrected chi connectivity index (χ2v) is 6.86. The van der Waals surface area contributed by atoms with E-state index >= 15 is 0 Å². The third kappa shape index (κ3) is 3.63. The van der Waals surface area contributed by atoms with Crippen molar-refractivity contribution in [2.24, 2.45) is 0 Å². The first-order valence-electron chi connectivity index (χ1n) is 6.89. The Labute approximate surface area is 148 Å². The maximum absolute atomic E-state index is 6.21. The van der Waals surface area contributed by atoms with Crippen LogP contribution in [0.4, 0.5) is 0 Å². The van der Waals surface area contributed by atoms with Gasteiger partial charge in [-0.15, -0.1) is 10.2 Å². The van der Waals surface area contributed by atoms with E-state index in [2.05, 4.69) is 35.3 Å². The van der Waals surface area contributed by atoms with Gasteiger partial charge in [-0.05, 0) is 30.7 Å². The van der Waals surface area contributed by atoms with Gasteiger partial charge in [-0.25, -0.2) is 4.68 Å². The molecule has 0 aliphatic heterocycles. The van der Waals surface area contributed by atoms with E-state index in [-0.39, 0.29) is 0 Å². The van der Waals surface area contributed by atoms with Crippen molar-refractivity contribution in [3.8, 4) is 11.4 Å². The minimum Gasteiger partial charge on any atom is -0.335 e. The number of nitrogens with two attached hydrogens (primary N) is 1. The van der Waals surface area contributed by atoms with Crippen LogP contribution in [0, 0.1) is 6.92 Å². The number of hydrogen-bond donors (Lipinski definition) is 1. The molecule has 0 radical (unpaired) electrons. The molecule has 0 bridgehead atoms. The van der Waals surface area contributed by atoms with Crippen molar-refractivity contribution < 1.29 is 0 Å². The lowest BCUT2D eigenvalue weighted by Gasteiger charge is -2.06. The van der Waals surface area contributed by atoms with E-state index in [9.17, 15) is 0 Å². The lowest BCUT2D eigenvalue weighted by molar-refractivity contribution is 0.849. The predicted octanol–water partition coefficient (Wildman–Crippen LogP) is 4.57. The fraction of sp³-hybridized carbons (Fsp3) is 0.125. The van der Waals surface area contributed by atoms with Gasteiger partial charge in [-0.3, -0.25) is 0 Å². The van der Waals surface area contributed by atoms with Crippen molar-refractivity contribution in [1.29, 1.82) is 0 Å². The first-order chi connectivity index (χ1) is 11.0. The summed E-state index contributed by atoms with van der Waals surface area (Å²) in [6.45, 7) is 2.07. The maximum atomic E-state index is 6.21. The van der Waals surface area contributed by atoms with Crippen LogP contribution in [0.1, 0.15) is 11.1 Å². The second kappa shape index (κ2) is 6.83. The van der Waals surface area contributed by atoms with Crippen LogP contribution >= 0.6 is 35.0 Å². The highest BCUT2D eigenvalue weighted by molar-refractivity contribution is 7.98. The summed E-state index contributed by atoms with van der Waals surface area (Å²) in [6.07, 6.45) is 0. The van der Waals surface area contributed by atoms with Crippen molar-refractivity contribution in [2.75, 3.05) is 5.84 Å². The SMILES string of the molecule is Cc1cccc(CSc2nnc(-c3ccc(Cl)cc3Cl)n2N)c1. The molecule has 0 spiro atoms. The summed E-state index contributed by atoms with van der Waals surface area (Å²) < 4.78 is 1.45. The third-order valence-corrected chi connectivity index (χ3v) is 4.85. The first-order valence-corrected chi connectivity index (χ1v) is 8.63. The lowest BCUT2D eigenvalue weighted by Crippen LogP contribution is -2.11. The van der Waals surface area contributed by atoms with Gasteiger partial charge in [0.15, 0.2) is 5.82 Å². The molecular formula is C16H14Cl2N4S. The molecule has 0 fully saturated rings. The van der Waals surface area contributed by atoms with E-state index in [0.29, 0.717) is 26.6 Å². The topological polar surface area (TPSA) is 56.7 Å². The molecule has 1 aromatic heterocycles. The summed E-state index contributed by atoms with van der Waals surface area (Å²) >= 11 is 13.7. The number of hydrogen-bond acceptors (Lipinski definition) is 4. The molecule has 3 rings (SSSR count). The number of nitrogen functional groups attached to an aromatic ring is 1. The quantitative estimate of drug-likeness (QED) is 0.544. The van der Waals surface area contributed by atoms with Gasteiger partial charge in [0.25, 0.3) is 0 Å². The van der Waals surface area contributed by atoms with Gasteiger partial charge in [0.05, 0.1) is 5.02 Å². The van der Waals surface area contributed by atoms with Crippen molar-refractivity contribution >= 4 is 35.0 Å². The Morgan fingerprint density at radius 2 is 1.96 bits per heavy atom. The molecule has 0 saturated heterocycles. The van der Waals surface area contributed by atoms with E-state index in [1.54, 1.807) is 18.2 Å². The number of benzene rings is 2. The Hall–Kier alpha value is -1.69. The Bertz CT molecular complexity index is 848. The molecule has 2 N–H and O–H groups in total. The number of aryl methyl sites for hydroxylation is 1. The van der Waals surface area contributed by atoms with Gasteiger partial charge in [-0.1, -0.05) is 64.8 Å². The molecule has 0 amide bonds. The molecule has 0 unspecified atom stereocenters. The molecule has 0 aliphatic rings. The Balaban J connectivity index is 1.82. The van der Waals surface area contributed by atoms with Crippen LogP contribution in [0.3, 0.4) is 0 Å². The molecule has 118 valence electrons. The van der Waals surface area contributed by atoms with Gasteiger partial charge in [0.2, 0.25) is 5.16 Å². The number of thioether (sulfide) groups is 1. The maximum Gasteiger partial charge on any atom is 0.210 e. The van der Waals surface area contributed by atoms with E-state index in [4.69, 9.17) is 29.0 Å². The van der Waals surface area contributed by atoms with Crippen LogP contribution in [0.25, 0.3) is 11.4 Å². The monoisotopic (exact) mass is 364 g/mol.